The maximum absolute atomic E-state index is 12.4. The summed E-state index contributed by atoms with van der Waals surface area (Å²) in [5, 5.41) is 0. The van der Waals surface area contributed by atoms with Gasteiger partial charge >= 0.3 is 0 Å². The predicted molar refractivity (Wildman–Crippen MR) is 74.3 cm³/mol. The zero-order chi connectivity index (χ0) is 13.9. The summed E-state index contributed by atoms with van der Waals surface area (Å²) in [5.74, 6) is 0.427. The Balaban J connectivity index is 2.04. The third kappa shape index (κ3) is 3.32. The lowest BCUT2D eigenvalue weighted by Gasteiger charge is -2.20. The third-order valence-corrected chi connectivity index (χ3v) is 5.48. The van der Waals surface area contributed by atoms with Crippen LogP contribution in [0.5, 0.6) is 0 Å². The molecule has 5 nitrogen and oxygen atoms in total. The molecule has 1 aliphatic rings. The molecule has 0 amide bonds. The standard InChI is InChI=1S/C13H21N3O2S/c1-3-15(2)10-12-6-8-16(11-12)19(17,18)13-5-4-7-14-9-13/h4-5,7,9,12H,3,6,8,10-11H2,1-2H3. The zero-order valence-electron chi connectivity index (χ0n) is 11.5. The second-order valence-electron chi connectivity index (χ2n) is 5.06. The molecule has 0 radical (unpaired) electrons. The minimum Gasteiger partial charge on any atom is -0.306 e. The topological polar surface area (TPSA) is 53.5 Å². The Morgan fingerprint density at radius 2 is 2.32 bits per heavy atom. The molecule has 1 aliphatic heterocycles. The first-order chi connectivity index (χ1) is 9.04. The fourth-order valence-corrected chi connectivity index (χ4v) is 3.88. The minimum atomic E-state index is -3.36. The highest BCUT2D eigenvalue weighted by Gasteiger charge is 2.32. The van der Waals surface area contributed by atoms with Gasteiger partial charge < -0.3 is 4.90 Å². The van der Waals surface area contributed by atoms with Crippen LogP contribution in [-0.2, 0) is 10.0 Å². The zero-order valence-corrected chi connectivity index (χ0v) is 12.3. The summed E-state index contributed by atoms with van der Waals surface area (Å²) in [6.45, 7) is 5.28. The minimum absolute atomic E-state index is 0.291. The number of pyridine rings is 1. The van der Waals surface area contributed by atoms with Crippen molar-refractivity contribution in [2.45, 2.75) is 18.2 Å². The van der Waals surface area contributed by atoms with Crippen molar-refractivity contribution in [2.24, 2.45) is 5.92 Å². The van der Waals surface area contributed by atoms with Crippen LogP contribution in [0, 0.1) is 5.92 Å². The van der Waals surface area contributed by atoms with Crippen LogP contribution in [0.1, 0.15) is 13.3 Å². The molecule has 106 valence electrons. The van der Waals surface area contributed by atoms with Gasteiger partial charge in [0.05, 0.1) is 0 Å². The Bertz CT molecular complexity index is 504. The molecule has 1 atom stereocenters. The Morgan fingerprint density at radius 1 is 1.53 bits per heavy atom. The molecule has 0 aliphatic carbocycles. The van der Waals surface area contributed by atoms with E-state index in [9.17, 15) is 8.42 Å². The van der Waals surface area contributed by atoms with Gasteiger partial charge in [-0.2, -0.15) is 4.31 Å². The molecule has 0 spiro atoms. The summed E-state index contributed by atoms with van der Waals surface area (Å²) < 4.78 is 26.4. The van der Waals surface area contributed by atoms with Gasteiger partial charge in [-0.05, 0) is 38.1 Å². The highest BCUT2D eigenvalue weighted by Crippen LogP contribution is 2.24. The van der Waals surface area contributed by atoms with E-state index < -0.39 is 10.0 Å². The van der Waals surface area contributed by atoms with E-state index in [0.29, 0.717) is 23.9 Å². The predicted octanol–water partition coefficient (Wildman–Crippen LogP) is 1.04. The summed E-state index contributed by atoms with van der Waals surface area (Å²) in [7, 11) is -1.29. The molecule has 2 rings (SSSR count). The molecule has 0 aromatic carbocycles. The average molecular weight is 283 g/mol. The highest BCUT2D eigenvalue weighted by atomic mass is 32.2. The lowest BCUT2D eigenvalue weighted by atomic mass is 10.1. The molecule has 0 bridgehead atoms. The molecule has 6 heteroatoms. The summed E-state index contributed by atoms with van der Waals surface area (Å²) >= 11 is 0. The second kappa shape index (κ2) is 5.98. The molecule has 2 heterocycles. The van der Waals surface area contributed by atoms with Gasteiger partial charge in [-0.1, -0.05) is 6.92 Å². The molecule has 1 aromatic rings. The summed E-state index contributed by atoms with van der Waals surface area (Å²) in [5.41, 5.74) is 0. The van der Waals surface area contributed by atoms with Gasteiger partial charge in [0, 0.05) is 32.0 Å². The smallest absolute Gasteiger partial charge is 0.244 e. The van der Waals surface area contributed by atoms with E-state index in [0.717, 1.165) is 19.5 Å². The van der Waals surface area contributed by atoms with E-state index >= 15 is 0 Å². The van der Waals surface area contributed by atoms with Crippen molar-refractivity contribution in [2.75, 3.05) is 33.2 Å². The molecule has 1 unspecified atom stereocenters. The van der Waals surface area contributed by atoms with E-state index in [2.05, 4.69) is 23.9 Å². The SMILES string of the molecule is CCN(C)CC1CCN(S(=O)(=O)c2cccnc2)C1. The molecular weight excluding hydrogens is 262 g/mol. The molecule has 19 heavy (non-hydrogen) atoms. The molecule has 0 N–H and O–H groups in total. The summed E-state index contributed by atoms with van der Waals surface area (Å²) in [4.78, 5) is 6.41. The van der Waals surface area contributed by atoms with Gasteiger partial charge in [-0.15, -0.1) is 0 Å². The first-order valence-electron chi connectivity index (χ1n) is 6.62. The fourth-order valence-electron chi connectivity index (χ4n) is 2.38. The number of hydrogen-bond acceptors (Lipinski definition) is 4. The van der Waals surface area contributed by atoms with E-state index in [1.807, 2.05) is 0 Å². The Kier molecular flexibility index (Phi) is 4.54. The average Bonchev–Trinajstić information content (AvgIpc) is 2.89. The second-order valence-corrected chi connectivity index (χ2v) is 7.00. The molecular formula is C13H21N3O2S. The van der Waals surface area contributed by atoms with Gasteiger partial charge in [-0.25, -0.2) is 8.42 Å². The van der Waals surface area contributed by atoms with Crippen molar-refractivity contribution in [1.82, 2.24) is 14.2 Å². The van der Waals surface area contributed by atoms with Crippen molar-refractivity contribution >= 4 is 10.0 Å². The number of aromatic nitrogens is 1. The van der Waals surface area contributed by atoms with Crippen molar-refractivity contribution < 1.29 is 8.42 Å². The van der Waals surface area contributed by atoms with Crippen LogP contribution in [0.15, 0.2) is 29.4 Å². The largest absolute Gasteiger partial charge is 0.306 e. The molecule has 1 fully saturated rings. The maximum atomic E-state index is 12.4. The number of sulfonamides is 1. The van der Waals surface area contributed by atoms with Crippen LogP contribution in [-0.4, -0.2) is 55.8 Å². The van der Waals surface area contributed by atoms with Gasteiger partial charge in [0.15, 0.2) is 0 Å². The Labute approximate surface area is 115 Å². The normalized spacial score (nSPS) is 21.1. The van der Waals surface area contributed by atoms with Crippen LogP contribution in [0.2, 0.25) is 0 Å². The first kappa shape index (κ1) is 14.4. The lowest BCUT2D eigenvalue weighted by Crippen LogP contribution is -2.31. The summed E-state index contributed by atoms with van der Waals surface area (Å²) in [6, 6.07) is 3.26. The highest BCUT2D eigenvalue weighted by molar-refractivity contribution is 7.89. The number of rotatable bonds is 5. The van der Waals surface area contributed by atoms with Crippen LogP contribution < -0.4 is 0 Å². The van der Waals surface area contributed by atoms with Crippen molar-refractivity contribution in [1.29, 1.82) is 0 Å². The monoisotopic (exact) mass is 283 g/mol. The van der Waals surface area contributed by atoms with E-state index in [1.54, 1.807) is 22.6 Å². The molecule has 1 aromatic heterocycles. The van der Waals surface area contributed by atoms with Crippen LogP contribution in [0.3, 0.4) is 0 Å². The van der Waals surface area contributed by atoms with Crippen LogP contribution in [0.25, 0.3) is 0 Å². The first-order valence-corrected chi connectivity index (χ1v) is 8.06. The van der Waals surface area contributed by atoms with Crippen molar-refractivity contribution in [3.05, 3.63) is 24.5 Å². The van der Waals surface area contributed by atoms with Gasteiger partial charge in [-0.3, -0.25) is 4.98 Å². The number of hydrogen-bond donors (Lipinski definition) is 0. The van der Waals surface area contributed by atoms with Crippen molar-refractivity contribution in [3.8, 4) is 0 Å². The third-order valence-electron chi connectivity index (χ3n) is 3.63. The molecule has 1 saturated heterocycles. The lowest BCUT2D eigenvalue weighted by molar-refractivity contribution is 0.293. The van der Waals surface area contributed by atoms with Crippen molar-refractivity contribution in [3.63, 3.8) is 0 Å². The van der Waals surface area contributed by atoms with E-state index in [1.165, 1.54) is 6.20 Å². The van der Waals surface area contributed by atoms with E-state index in [4.69, 9.17) is 0 Å². The number of nitrogens with zero attached hydrogens (tertiary/aromatic N) is 3. The fraction of sp³-hybridized carbons (Fsp3) is 0.615. The summed E-state index contributed by atoms with van der Waals surface area (Å²) in [6.07, 6.45) is 3.94. The molecule has 0 saturated carbocycles. The Morgan fingerprint density at radius 3 is 2.95 bits per heavy atom. The van der Waals surface area contributed by atoms with Gasteiger partial charge in [0.25, 0.3) is 0 Å². The van der Waals surface area contributed by atoms with Gasteiger partial charge in [0.1, 0.15) is 4.90 Å². The van der Waals surface area contributed by atoms with Crippen LogP contribution in [0.4, 0.5) is 0 Å². The van der Waals surface area contributed by atoms with Gasteiger partial charge in [0.2, 0.25) is 10.0 Å². The van der Waals surface area contributed by atoms with E-state index in [-0.39, 0.29) is 0 Å². The van der Waals surface area contributed by atoms with Crippen LogP contribution >= 0.6 is 0 Å². The quantitative estimate of drug-likeness (QED) is 0.810. The Hall–Kier alpha value is -0.980. The maximum Gasteiger partial charge on any atom is 0.244 e.